The average Bonchev–Trinajstić information content (AvgIpc) is 3.10. The number of rotatable bonds is 4. The van der Waals surface area contributed by atoms with E-state index in [4.69, 9.17) is 5.11 Å². The van der Waals surface area contributed by atoms with Crippen molar-refractivity contribution in [2.75, 3.05) is 13.1 Å². The Labute approximate surface area is 128 Å². The van der Waals surface area contributed by atoms with Crippen LogP contribution in [0, 0.1) is 12.8 Å². The summed E-state index contributed by atoms with van der Waals surface area (Å²) in [6, 6.07) is 8.37. The highest BCUT2D eigenvalue weighted by Crippen LogP contribution is 2.26. The molecule has 1 aromatic heterocycles. The first-order valence-corrected chi connectivity index (χ1v) is 7.96. The van der Waals surface area contributed by atoms with Gasteiger partial charge in [-0.2, -0.15) is 0 Å². The van der Waals surface area contributed by atoms with E-state index in [0.29, 0.717) is 6.54 Å². The third-order valence-electron chi connectivity index (χ3n) is 3.86. The van der Waals surface area contributed by atoms with Crippen LogP contribution in [-0.4, -0.2) is 34.0 Å². The minimum atomic E-state index is -0.684. The van der Waals surface area contributed by atoms with E-state index in [1.807, 2.05) is 0 Å². The molecule has 21 heavy (non-hydrogen) atoms. The van der Waals surface area contributed by atoms with Gasteiger partial charge in [-0.15, -0.1) is 11.3 Å². The van der Waals surface area contributed by atoms with Gasteiger partial charge in [0.15, 0.2) is 0 Å². The van der Waals surface area contributed by atoms with Gasteiger partial charge in [-0.3, -0.25) is 9.69 Å². The van der Waals surface area contributed by atoms with Gasteiger partial charge >= 0.3 is 5.97 Å². The van der Waals surface area contributed by atoms with Crippen LogP contribution in [-0.2, 0) is 11.3 Å². The van der Waals surface area contributed by atoms with Gasteiger partial charge in [-0.1, -0.05) is 29.8 Å². The first-order chi connectivity index (χ1) is 10.1. The molecule has 0 spiro atoms. The molecule has 1 fully saturated rings. The van der Waals surface area contributed by atoms with Gasteiger partial charge in [0.25, 0.3) is 0 Å². The number of aliphatic carboxylic acids is 1. The molecule has 5 heteroatoms. The molecular weight excluding hydrogens is 284 g/mol. The maximum absolute atomic E-state index is 11.0. The van der Waals surface area contributed by atoms with Crippen LogP contribution in [0.1, 0.15) is 17.7 Å². The summed E-state index contributed by atoms with van der Waals surface area (Å²) in [7, 11) is 0. The molecule has 0 aliphatic carbocycles. The van der Waals surface area contributed by atoms with Crippen LogP contribution in [0.15, 0.2) is 29.6 Å². The number of hydrogen-bond acceptors (Lipinski definition) is 4. The van der Waals surface area contributed by atoms with E-state index >= 15 is 0 Å². The summed E-state index contributed by atoms with van der Waals surface area (Å²) in [4.78, 5) is 17.8. The second-order valence-electron chi connectivity index (χ2n) is 5.57. The Balaban J connectivity index is 1.66. The van der Waals surface area contributed by atoms with E-state index in [-0.39, 0.29) is 5.92 Å². The van der Waals surface area contributed by atoms with Crippen molar-refractivity contribution in [2.24, 2.45) is 5.92 Å². The van der Waals surface area contributed by atoms with Crippen LogP contribution in [0.2, 0.25) is 0 Å². The van der Waals surface area contributed by atoms with E-state index in [2.05, 4.69) is 46.5 Å². The standard InChI is InChI=1S/C16H18N2O2S/c1-11-2-4-12(5-3-11)15-17-14(10-21-15)9-18-7-6-13(8-18)16(19)20/h2-5,10,13H,6-9H2,1H3,(H,19,20). The van der Waals surface area contributed by atoms with Crippen molar-refractivity contribution in [1.82, 2.24) is 9.88 Å². The first kappa shape index (κ1) is 14.2. The number of nitrogens with zero attached hydrogens (tertiary/aromatic N) is 2. The average molecular weight is 302 g/mol. The minimum absolute atomic E-state index is 0.222. The summed E-state index contributed by atoms with van der Waals surface area (Å²) in [5, 5.41) is 12.1. The van der Waals surface area contributed by atoms with Gasteiger partial charge < -0.3 is 5.11 Å². The largest absolute Gasteiger partial charge is 0.481 e. The Morgan fingerprint density at radius 1 is 1.43 bits per heavy atom. The van der Waals surface area contributed by atoms with Gasteiger partial charge in [0.05, 0.1) is 11.6 Å². The van der Waals surface area contributed by atoms with Crippen LogP contribution in [0.4, 0.5) is 0 Å². The molecule has 1 aromatic carbocycles. The molecule has 1 aliphatic rings. The highest BCUT2D eigenvalue weighted by molar-refractivity contribution is 7.13. The first-order valence-electron chi connectivity index (χ1n) is 7.08. The highest BCUT2D eigenvalue weighted by Gasteiger charge is 2.28. The van der Waals surface area contributed by atoms with E-state index in [1.165, 1.54) is 5.56 Å². The number of hydrogen-bond donors (Lipinski definition) is 1. The summed E-state index contributed by atoms with van der Waals surface area (Å²) in [6.45, 7) is 4.29. The summed E-state index contributed by atoms with van der Waals surface area (Å²) in [5.41, 5.74) is 3.41. The number of aryl methyl sites for hydroxylation is 1. The predicted octanol–water partition coefficient (Wildman–Crippen LogP) is 3.03. The molecule has 4 nitrogen and oxygen atoms in total. The fourth-order valence-electron chi connectivity index (χ4n) is 2.62. The zero-order chi connectivity index (χ0) is 14.8. The highest BCUT2D eigenvalue weighted by atomic mass is 32.1. The van der Waals surface area contributed by atoms with E-state index in [1.54, 1.807) is 11.3 Å². The van der Waals surface area contributed by atoms with Crippen molar-refractivity contribution >= 4 is 17.3 Å². The molecule has 0 radical (unpaired) electrons. The molecule has 2 aromatic rings. The van der Waals surface area contributed by atoms with E-state index < -0.39 is 5.97 Å². The second kappa shape index (κ2) is 5.95. The van der Waals surface area contributed by atoms with Crippen LogP contribution in [0.3, 0.4) is 0 Å². The fraction of sp³-hybridized carbons (Fsp3) is 0.375. The van der Waals surface area contributed by atoms with Crippen molar-refractivity contribution in [3.05, 3.63) is 40.9 Å². The molecule has 0 bridgehead atoms. The molecular formula is C16H18N2O2S. The number of carboxylic acids is 1. The zero-order valence-corrected chi connectivity index (χ0v) is 12.8. The van der Waals surface area contributed by atoms with Gasteiger partial charge in [0.2, 0.25) is 0 Å². The quantitative estimate of drug-likeness (QED) is 0.943. The Morgan fingerprint density at radius 2 is 2.19 bits per heavy atom. The third kappa shape index (κ3) is 3.31. The molecule has 0 amide bonds. The Morgan fingerprint density at radius 3 is 2.86 bits per heavy atom. The number of aromatic nitrogens is 1. The van der Waals surface area contributed by atoms with Crippen LogP contribution in [0.5, 0.6) is 0 Å². The lowest BCUT2D eigenvalue weighted by Gasteiger charge is -2.12. The maximum Gasteiger partial charge on any atom is 0.307 e. The summed E-state index contributed by atoms with van der Waals surface area (Å²) in [5.74, 6) is -0.906. The molecule has 1 atom stereocenters. The lowest BCUT2D eigenvalue weighted by Crippen LogP contribution is -2.22. The second-order valence-corrected chi connectivity index (χ2v) is 6.43. The lowest BCUT2D eigenvalue weighted by molar-refractivity contribution is -0.141. The van der Waals surface area contributed by atoms with Gasteiger partial charge in [-0.25, -0.2) is 4.98 Å². The van der Waals surface area contributed by atoms with Gasteiger partial charge in [0, 0.05) is 24.0 Å². The molecule has 1 aliphatic heterocycles. The zero-order valence-electron chi connectivity index (χ0n) is 12.0. The number of thiazole rings is 1. The molecule has 0 saturated carbocycles. The number of carbonyl (C=O) groups is 1. The smallest absolute Gasteiger partial charge is 0.307 e. The monoisotopic (exact) mass is 302 g/mol. The summed E-state index contributed by atoms with van der Waals surface area (Å²) >= 11 is 1.64. The number of likely N-dealkylation sites (tertiary alicyclic amines) is 1. The van der Waals surface area contributed by atoms with Crippen molar-refractivity contribution in [1.29, 1.82) is 0 Å². The maximum atomic E-state index is 11.0. The van der Waals surface area contributed by atoms with Gasteiger partial charge in [0.1, 0.15) is 5.01 Å². The minimum Gasteiger partial charge on any atom is -0.481 e. The Kier molecular flexibility index (Phi) is 4.03. The summed E-state index contributed by atoms with van der Waals surface area (Å²) < 4.78 is 0. The molecule has 3 rings (SSSR count). The van der Waals surface area contributed by atoms with Crippen molar-refractivity contribution < 1.29 is 9.90 Å². The predicted molar refractivity (Wildman–Crippen MR) is 83.3 cm³/mol. The van der Waals surface area contributed by atoms with Crippen molar-refractivity contribution in [3.8, 4) is 10.6 Å². The van der Waals surface area contributed by atoms with E-state index in [9.17, 15) is 4.79 Å². The SMILES string of the molecule is Cc1ccc(-c2nc(CN3CCC(C(=O)O)C3)cs2)cc1. The molecule has 1 unspecified atom stereocenters. The summed E-state index contributed by atoms with van der Waals surface area (Å²) in [6.07, 6.45) is 0.740. The molecule has 2 heterocycles. The third-order valence-corrected chi connectivity index (χ3v) is 4.80. The Hall–Kier alpha value is -1.72. The van der Waals surface area contributed by atoms with Crippen molar-refractivity contribution in [2.45, 2.75) is 19.9 Å². The number of benzene rings is 1. The lowest BCUT2D eigenvalue weighted by atomic mass is 10.1. The number of carboxylic acid groups (broad SMARTS) is 1. The topological polar surface area (TPSA) is 53.4 Å². The molecule has 110 valence electrons. The van der Waals surface area contributed by atoms with Crippen molar-refractivity contribution in [3.63, 3.8) is 0 Å². The van der Waals surface area contributed by atoms with Crippen LogP contribution < -0.4 is 0 Å². The van der Waals surface area contributed by atoms with Crippen LogP contribution >= 0.6 is 11.3 Å². The van der Waals surface area contributed by atoms with Crippen LogP contribution in [0.25, 0.3) is 10.6 Å². The normalized spacial score (nSPS) is 19.0. The molecule has 1 saturated heterocycles. The molecule has 1 N–H and O–H groups in total. The van der Waals surface area contributed by atoms with E-state index in [0.717, 1.165) is 35.8 Å². The van der Waals surface area contributed by atoms with Gasteiger partial charge in [-0.05, 0) is 19.9 Å². The Bertz CT molecular complexity index is 636. The fourth-order valence-corrected chi connectivity index (χ4v) is 3.43.